The van der Waals surface area contributed by atoms with E-state index in [-0.39, 0.29) is 36.6 Å². The van der Waals surface area contributed by atoms with Gasteiger partial charge in [0.2, 0.25) is 17.7 Å². The molecule has 1 atom stereocenters. The Morgan fingerprint density at radius 2 is 1.82 bits per heavy atom. The van der Waals surface area contributed by atoms with Crippen LogP contribution in [0.5, 0.6) is 0 Å². The molecule has 2 N–H and O–H groups in total. The van der Waals surface area contributed by atoms with Gasteiger partial charge in [0.15, 0.2) is 5.13 Å². The van der Waals surface area contributed by atoms with Crippen LogP contribution in [0.25, 0.3) is 0 Å². The Balaban J connectivity index is 1.86. The maximum atomic E-state index is 13.7. The molecule has 8 heteroatoms. The average Bonchev–Trinajstić information content (AvgIpc) is 3.51. The van der Waals surface area contributed by atoms with E-state index < -0.39 is 11.6 Å². The molecule has 7 nitrogen and oxygen atoms in total. The summed E-state index contributed by atoms with van der Waals surface area (Å²) in [6, 6.07) is 7.06. The van der Waals surface area contributed by atoms with E-state index in [1.165, 1.54) is 11.3 Å². The van der Waals surface area contributed by atoms with Crippen molar-refractivity contribution in [3.63, 3.8) is 0 Å². The van der Waals surface area contributed by atoms with E-state index in [0.717, 1.165) is 43.2 Å². The quantitative estimate of drug-likeness (QED) is 0.497. The molecular weight excluding hydrogens is 448 g/mol. The molecule has 0 spiro atoms. The standard InChI is InChI=1S/C26H36N4O3S/c1-5-26(3,4)29-24(33)23(19-12-10-18(2)11-13-19)30(20-8-6-7-9-20)22(32)15-14-21(31)28-25-27-16-17-34-25/h10-13,16-17,20,23H,5-9,14-15H2,1-4H3,(H,29,33)(H,27,28,31)/t23-/m0/s1. The van der Waals surface area contributed by atoms with Crippen LogP contribution in [0.4, 0.5) is 5.13 Å². The first kappa shape index (κ1) is 25.9. The van der Waals surface area contributed by atoms with Gasteiger partial charge in [-0.2, -0.15) is 0 Å². The van der Waals surface area contributed by atoms with Crippen LogP contribution < -0.4 is 10.6 Å². The molecule has 1 heterocycles. The van der Waals surface area contributed by atoms with Gasteiger partial charge >= 0.3 is 0 Å². The van der Waals surface area contributed by atoms with E-state index in [2.05, 4.69) is 15.6 Å². The van der Waals surface area contributed by atoms with Gasteiger partial charge in [-0.3, -0.25) is 14.4 Å². The molecule has 0 aliphatic heterocycles. The van der Waals surface area contributed by atoms with Gasteiger partial charge in [-0.1, -0.05) is 49.6 Å². The molecule has 0 saturated heterocycles. The summed E-state index contributed by atoms with van der Waals surface area (Å²) in [6.07, 6.45) is 6.27. The van der Waals surface area contributed by atoms with Crippen molar-refractivity contribution in [2.75, 3.05) is 5.32 Å². The third kappa shape index (κ3) is 6.88. The summed E-state index contributed by atoms with van der Waals surface area (Å²) in [5, 5.41) is 8.19. The Bertz CT molecular complexity index is 966. The largest absolute Gasteiger partial charge is 0.349 e. The first-order valence-electron chi connectivity index (χ1n) is 12.1. The minimum Gasteiger partial charge on any atom is -0.349 e. The lowest BCUT2D eigenvalue weighted by molar-refractivity contribution is -0.144. The maximum absolute atomic E-state index is 13.7. The minimum absolute atomic E-state index is 0.0173. The van der Waals surface area contributed by atoms with Gasteiger partial charge in [-0.05, 0) is 45.6 Å². The summed E-state index contributed by atoms with van der Waals surface area (Å²) in [5.74, 6) is -0.600. The summed E-state index contributed by atoms with van der Waals surface area (Å²) in [7, 11) is 0. The predicted molar refractivity (Wildman–Crippen MR) is 136 cm³/mol. The average molecular weight is 485 g/mol. The summed E-state index contributed by atoms with van der Waals surface area (Å²) in [5.41, 5.74) is 1.50. The van der Waals surface area contributed by atoms with Crippen LogP contribution in [0.3, 0.4) is 0 Å². The van der Waals surface area contributed by atoms with Gasteiger partial charge < -0.3 is 15.5 Å². The van der Waals surface area contributed by atoms with Crippen molar-refractivity contribution in [2.24, 2.45) is 0 Å². The van der Waals surface area contributed by atoms with Crippen LogP contribution in [0.2, 0.25) is 0 Å². The molecule has 0 radical (unpaired) electrons. The molecule has 3 amide bonds. The van der Waals surface area contributed by atoms with Crippen LogP contribution in [0, 0.1) is 6.92 Å². The highest BCUT2D eigenvalue weighted by molar-refractivity contribution is 7.13. The molecule has 0 bridgehead atoms. The Morgan fingerprint density at radius 3 is 2.41 bits per heavy atom. The van der Waals surface area contributed by atoms with Crippen molar-refractivity contribution in [1.82, 2.24) is 15.2 Å². The molecule has 1 saturated carbocycles. The Hall–Kier alpha value is -2.74. The number of hydrogen-bond acceptors (Lipinski definition) is 5. The van der Waals surface area contributed by atoms with Crippen molar-refractivity contribution in [3.8, 4) is 0 Å². The second-order valence-corrected chi connectivity index (χ2v) is 10.6. The van der Waals surface area contributed by atoms with E-state index in [4.69, 9.17) is 0 Å². The number of anilines is 1. The van der Waals surface area contributed by atoms with Gasteiger partial charge in [0.1, 0.15) is 6.04 Å². The van der Waals surface area contributed by atoms with Crippen molar-refractivity contribution >= 4 is 34.2 Å². The SMILES string of the molecule is CCC(C)(C)NC(=O)[C@H](c1ccc(C)cc1)N(C(=O)CCC(=O)Nc1nccs1)C1CCCC1. The smallest absolute Gasteiger partial charge is 0.247 e. The first-order valence-corrected chi connectivity index (χ1v) is 13.0. The highest BCUT2D eigenvalue weighted by atomic mass is 32.1. The lowest BCUT2D eigenvalue weighted by Gasteiger charge is -2.38. The number of aryl methyl sites for hydroxylation is 1. The molecular formula is C26H36N4O3S. The second kappa shape index (κ2) is 11.6. The number of aromatic nitrogens is 1. The summed E-state index contributed by atoms with van der Waals surface area (Å²) in [4.78, 5) is 45.5. The van der Waals surface area contributed by atoms with E-state index >= 15 is 0 Å². The Labute approximate surface area is 206 Å². The van der Waals surface area contributed by atoms with Gasteiger partial charge in [0.05, 0.1) is 0 Å². The number of nitrogens with one attached hydrogen (secondary N) is 2. The van der Waals surface area contributed by atoms with E-state index in [1.54, 1.807) is 16.5 Å². The second-order valence-electron chi connectivity index (χ2n) is 9.66. The van der Waals surface area contributed by atoms with Gasteiger partial charge in [0, 0.05) is 36.0 Å². The monoisotopic (exact) mass is 484 g/mol. The zero-order valence-corrected chi connectivity index (χ0v) is 21.4. The highest BCUT2D eigenvalue weighted by Crippen LogP contribution is 2.33. The van der Waals surface area contributed by atoms with Crippen molar-refractivity contribution in [1.29, 1.82) is 0 Å². The van der Waals surface area contributed by atoms with Gasteiger partial charge in [-0.25, -0.2) is 4.98 Å². The fraction of sp³-hybridized carbons (Fsp3) is 0.538. The fourth-order valence-electron chi connectivity index (χ4n) is 4.23. The van der Waals surface area contributed by atoms with Crippen LogP contribution in [-0.2, 0) is 14.4 Å². The topological polar surface area (TPSA) is 91.4 Å². The number of hydrogen-bond donors (Lipinski definition) is 2. The third-order valence-electron chi connectivity index (χ3n) is 6.52. The lowest BCUT2D eigenvalue weighted by atomic mass is 9.96. The minimum atomic E-state index is -0.732. The normalized spacial score (nSPS) is 15.1. The molecule has 1 aliphatic rings. The van der Waals surface area contributed by atoms with E-state index in [1.807, 2.05) is 52.0 Å². The number of rotatable bonds is 10. The van der Waals surface area contributed by atoms with Crippen LogP contribution >= 0.6 is 11.3 Å². The summed E-state index contributed by atoms with van der Waals surface area (Å²) < 4.78 is 0. The fourth-order valence-corrected chi connectivity index (χ4v) is 4.78. The molecule has 3 rings (SSSR count). The molecule has 1 aliphatic carbocycles. The van der Waals surface area contributed by atoms with Gasteiger partial charge in [-0.15, -0.1) is 11.3 Å². The summed E-state index contributed by atoms with van der Waals surface area (Å²) in [6.45, 7) is 8.01. The number of carbonyl (C=O) groups excluding carboxylic acids is 3. The van der Waals surface area contributed by atoms with E-state index in [9.17, 15) is 14.4 Å². The number of carbonyl (C=O) groups is 3. The third-order valence-corrected chi connectivity index (χ3v) is 7.20. The molecule has 0 unspecified atom stereocenters. The van der Waals surface area contributed by atoms with Crippen molar-refractivity contribution in [2.45, 2.75) is 90.3 Å². The molecule has 1 aromatic carbocycles. The number of nitrogens with zero attached hydrogens (tertiary/aromatic N) is 2. The van der Waals surface area contributed by atoms with Crippen LogP contribution in [-0.4, -0.2) is 39.2 Å². The van der Waals surface area contributed by atoms with Crippen LogP contribution in [0.15, 0.2) is 35.8 Å². The first-order chi connectivity index (χ1) is 16.2. The zero-order chi connectivity index (χ0) is 24.7. The van der Waals surface area contributed by atoms with Crippen LogP contribution in [0.1, 0.15) is 82.9 Å². The Morgan fingerprint density at radius 1 is 1.15 bits per heavy atom. The number of amides is 3. The van der Waals surface area contributed by atoms with Crippen molar-refractivity contribution < 1.29 is 14.4 Å². The maximum Gasteiger partial charge on any atom is 0.247 e. The molecule has 184 valence electrons. The van der Waals surface area contributed by atoms with E-state index in [0.29, 0.717) is 5.13 Å². The summed E-state index contributed by atoms with van der Waals surface area (Å²) >= 11 is 1.34. The number of benzene rings is 1. The predicted octanol–water partition coefficient (Wildman–Crippen LogP) is 4.99. The lowest BCUT2D eigenvalue weighted by Crippen LogP contribution is -2.52. The zero-order valence-electron chi connectivity index (χ0n) is 20.6. The Kier molecular flexibility index (Phi) is 8.83. The molecule has 1 fully saturated rings. The molecule has 34 heavy (non-hydrogen) atoms. The van der Waals surface area contributed by atoms with Gasteiger partial charge in [0.25, 0.3) is 0 Å². The highest BCUT2D eigenvalue weighted by Gasteiger charge is 2.38. The number of thiazole rings is 1. The molecule has 2 aromatic rings. The van der Waals surface area contributed by atoms with Crippen molar-refractivity contribution in [3.05, 3.63) is 47.0 Å². The molecule has 1 aromatic heterocycles.